The first-order chi connectivity index (χ1) is 12.1. The second kappa shape index (κ2) is 6.39. The number of amides is 1. The number of aromatic nitrogens is 1. The molecule has 0 saturated heterocycles. The number of rotatable bonds is 2. The Balaban J connectivity index is 1.69. The normalized spacial score (nSPS) is 16.4. The number of para-hydroxylation sites is 1. The van der Waals surface area contributed by atoms with Crippen LogP contribution in [0.3, 0.4) is 0 Å². The van der Waals surface area contributed by atoms with E-state index in [4.69, 9.17) is 16.3 Å². The molecule has 1 aromatic heterocycles. The highest BCUT2D eigenvalue weighted by Gasteiger charge is 2.26. The van der Waals surface area contributed by atoms with Gasteiger partial charge in [-0.25, -0.2) is 0 Å². The number of ether oxygens (including phenoxy) is 1. The minimum Gasteiger partial charge on any atom is -0.493 e. The number of carbonyl (C=O) groups excluding carboxylic acids is 1. The Labute approximate surface area is 158 Å². The number of hydrogen-bond donors (Lipinski definition) is 1. The number of aryl methyl sites for hydroxylation is 1. The standard InChI is InChI=1S/C19H16BrClN2O2/c1-23-15-5-3-2-4-12(15)17(21)18(23)19(24)22-14-8-9-25-16-7-6-11(20)10-13(14)16/h2-7,10,14H,8-9H2,1H3,(H,22,24). The molecular formula is C19H16BrClN2O2. The zero-order valence-corrected chi connectivity index (χ0v) is 15.9. The van der Waals surface area contributed by atoms with Gasteiger partial charge in [-0.05, 0) is 24.3 Å². The number of hydrogen-bond acceptors (Lipinski definition) is 2. The SMILES string of the molecule is Cn1c(C(=O)NC2CCOc3ccc(Br)cc32)c(Cl)c2ccccc21. The van der Waals surface area contributed by atoms with Gasteiger partial charge in [-0.2, -0.15) is 0 Å². The first kappa shape index (κ1) is 16.5. The van der Waals surface area contributed by atoms with Crippen molar-refractivity contribution >= 4 is 44.3 Å². The van der Waals surface area contributed by atoms with Crippen LogP contribution in [0.2, 0.25) is 5.02 Å². The predicted molar refractivity (Wildman–Crippen MR) is 102 cm³/mol. The lowest BCUT2D eigenvalue weighted by Crippen LogP contribution is -2.33. The highest BCUT2D eigenvalue weighted by Crippen LogP contribution is 2.35. The summed E-state index contributed by atoms with van der Waals surface area (Å²) in [4.78, 5) is 12.9. The third kappa shape index (κ3) is 2.81. The van der Waals surface area contributed by atoms with Crippen molar-refractivity contribution in [2.75, 3.05) is 6.61 Å². The van der Waals surface area contributed by atoms with Crippen LogP contribution in [0, 0.1) is 0 Å². The van der Waals surface area contributed by atoms with Gasteiger partial charge in [0, 0.05) is 34.4 Å². The van der Waals surface area contributed by atoms with Gasteiger partial charge in [-0.1, -0.05) is 45.7 Å². The number of nitrogens with zero attached hydrogens (tertiary/aromatic N) is 1. The molecule has 1 unspecified atom stereocenters. The summed E-state index contributed by atoms with van der Waals surface area (Å²) in [6, 6.07) is 13.5. The minimum atomic E-state index is -0.179. The third-order valence-corrected chi connectivity index (χ3v) is 5.45. The first-order valence-electron chi connectivity index (χ1n) is 8.02. The predicted octanol–water partition coefficient (Wildman–Crippen LogP) is 4.85. The summed E-state index contributed by atoms with van der Waals surface area (Å²) in [6.45, 7) is 0.572. The second-order valence-electron chi connectivity index (χ2n) is 6.08. The van der Waals surface area contributed by atoms with E-state index >= 15 is 0 Å². The molecule has 1 aliphatic heterocycles. The number of nitrogens with one attached hydrogen (secondary N) is 1. The van der Waals surface area contributed by atoms with Gasteiger partial charge in [0.2, 0.25) is 0 Å². The van der Waals surface area contributed by atoms with E-state index in [1.807, 2.05) is 54.1 Å². The van der Waals surface area contributed by atoms with Crippen LogP contribution in [0.4, 0.5) is 0 Å². The third-order valence-electron chi connectivity index (χ3n) is 4.58. The molecule has 0 aliphatic carbocycles. The number of halogens is 2. The van der Waals surface area contributed by atoms with Crippen LogP contribution < -0.4 is 10.1 Å². The molecule has 3 aromatic rings. The molecule has 0 spiro atoms. The van der Waals surface area contributed by atoms with Gasteiger partial charge in [0.05, 0.1) is 17.7 Å². The molecule has 0 saturated carbocycles. The largest absolute Gasteiger partial charge is 0.493 e. The first-order valence-corrected chi connectivity index (χ1v) is 9.19. The maximum atomic E-state index is 12.9. The highest BCUT2D eigenvalue weighted by atomic mass is 79.9. The molecule has 1 atom stereocenters. The van der Waals surface area contributed by atoms with Crippen LogP contribution in [0.25, 0.3) is 10.9 Å². The van der Waals surface area contributed by atoms with Crippen molar-refractivity contribution in [3.63, 3.8) is 0 Å². The van der Waals surface area contributed by atoms with Crippen molar-refractivity contribution in [1.29, 1.82) is 0 Å². The van der Waals surface area contributed by atoms with Crippen LogP contribution >= 0.6 is 27.5 Å². The van der Waals surface area contributed by atoms with Gasteiger partial charge >= 0.3 is 0 Å². The Morgan fingerprint density at radius 2 is 2.12 bits per heavy atom. The van der Waals surface area contributed by atoms with Gasteiger partial charge in [0.25, 0.3) is 5.91 Å². The average molecular weight is 420 g/mol. The van der Waals surface area contributed by atoms with E-state index < -0.39 is 0 Å². The molecule has 6 heteroatoms. The van der Waals surface area contributed by atoms with Crippen LogP contribution in [0.15, 0.2) is 46.9 Å². The zero-order valence-electron chi connectivity index (χ0n) is 13.6. The summed E-state index contributed by atoms with van der Waals surface area (Å²) < 4.78 is 8.49. The molecule has 4 nitrogen and oxygen atoms in total. The lowest BCUT2D eigenvalue weighted by Gasteiger charge is -2.27. The minimum absolute atomic E-state index is 0.108. The molecule has 0 radical (unpaired) electrons. The molecular weight excluding hydrogens is 404 g/mol. The van der Waals surface area contributed by atoms with Crippen LogP contribution in [0.1, 0.15) is 28.5 Å². The summed E-state index contributed by atoms with van der Waals surface area (Å²) in [6.07, 6.45) is 0.719. The fraction of sp³-hybridized carbons (Fsp3) is 0.211. The fourth-order valence-corrected chi connectivity index (χ4v) is 4.09. The van der Waals surface area contributed by atoms with Crippen molar-refractivity contribution < 1.29 is 9.53 Å². The van der Waals surface area contributed by atoms with Crippen molar-refractivity contribution in [2.24, 2.45) is 7.05 Å². The highest BCUT2D eigenvalue weighted by molar-refractivity contribution is 9.10. The summed E-state index contributed by atoms with van der Waals surface area (Å²) in [7, 11) is 1.86. The Morgan fingerprint density at radius 3 is 2.92 bits per heavy atom. The molecule has 0 bridgehead atoms. The maximum absolute atomic E-state index is 12.9. The Kier molecular flexibility index (Phi) is 4.21. The summed E-state index contributed by atoms with van der Waals surface area (Å²) in [5, 5.41) is 4.48. The molecule has 25 heavy (non-hydrogen) atoms. The molecule has 0 fully saturated rings. The van der Waals surface area contributed by atoms with E-state index in [-0.39, 0.29) is 11.9 Å². The molecule has 128 valence electrons. The van der Waals surface area contributed by atoms with Gasteiger partial charge < -0.3 is 14.6 Å². The summed E-state index contributed by atoms with van der Waals surface area (Å²) >= 11 is 9.97. The van der Waals surface area contributed by atoms with E-state index in [9.17, 15) is 4.79 Å². The Morgan fingerprint density at radius 1 is 1.32 bits per heavy atom. The topological polar surface area (TPSA) is 43.3 Å². The Hall–Kier alpha value is -1.98. The van der Waals surface area contributed by atoms with Gasteiger partial charge in [-0.15, -0.1) is 0 Å². The number of fused-ring (bicyclic) bond motifs is 2. The molecule has 1 aliphatic rings. The maximum Gasteiger partial charge on any atom is 0.269 e. The second-order valence-corrected chi connectivity index (χ2v) is 7.38. The molecule has 4 rings (SSSR count). The van der Waals surface area contributed by atoms with E-state index in [1.165, 1.54) is 0 Å². The summed E-state index contributed by atoms with van der Waals surface area (Å²) in [5.74, 6) is 0.629. The van der Waals surface area contributed by atoms with Crippen LogP contribution in [0.5, 0.6) is 5.75 Å². The van der Waals surface area contributed by atoms with E-state index in [2.05, 4.69) is 21.2 Å². The molecule has 2 aromatic carbocycles. The lowest BCUT2D eigenvalue weighted by molar-refractivity contribution is 0.0917. The smallest absolute Gasteiger partial charge is 0.269 e. The summed E-state index contributed by atoms with van der Waals surface area (Å²) in [5.41, 5.74) is 2.39. The van der Waals surface area contributed by atoms with Gasteiger partial charge in [0.15, 0.2) is 0 Å². The zero-order chi connectivity index (χ0) is 17.6. The van der Waals surface area contributed by atoms with Crippen LogP contribution in [-0.4, -0.2) is 17.1 Å². The van der Waals surface area contributed by atoms with Crippen molar-refractivity contribution in [3.8, 4) is 5.75 Å². The fourth-order valence-electron chi connectivity index (χ4n) is 3.34. The number of carbonyl (C=O) groups is 1. The van der Waals surface area contributed by atoms with Gasteiger partial charge in [0.1, 0.15) is 11.4 Å². The quantitative estimate of drug-likeness (QED) is 0.645. The molecule has 1 N–H and O–H groups in total. The van der Waals surface area contributed by atoms with E-state index in [0.717, 1.165) is 33.1 Å². The van der Waals surface area contributed by atoms with Gasteiger partial charge in [-0.3, -0.25) is 4.79 Å². The number of benzene rings is 2. The molecule has 1 amide bonds. The van der Waals surface area contributed by atoms with Crippen molar-refractivity contribution in [2.45, 2.75) is 12.5 Å². The van der Waals surface area contributed by atoms with Crippen molar-refractivity contribution in [1.82, 2.24) is 9.88 Å². The van der Waals surface area contributed by atoms with Crippen molar-refractivity contribution in [3.05, 3.63) is 63.2 Å². The molecule has 2 heterocycles. The lowest BCUT2D eigenvalue weighted by atomic mass is 10.0. The monoisotopic (exact) mass is 418 g/mol. The van der Waals surface area contributed by atoms with E-state index in [0.29, 0.717) is 17.3 Å². The van der Waals surface area contributed by atoms with Crippen LogP contribution in [-0.2, 0) is 7.05 Å². The van der Waals surface area contributed by atoms with E-state index in [1.54, 1.807) is 0 Å². The Bertz CT molecular complexity index is 944. The average Bonchev–Trinajstić information content (AvgIpc) is 2.87.